The average Bonchev–Trinajstić information content (AvgIpc) is 1.88. The van der Waals surface area contributed by atoms with Gasteiger partial charge in [-0.1, -0.05) is 0 Å². The van der Waals surface area contributed by atoms with Gasteiger partial charge in [-0.15, -0.1) is 0 Å². The predicted molar refractivity (Wildman–Crippen MR) is 30.8 cm³/mol. The van der Waals surface area contributed by atoms with Gasteiger partial charge in [0.1, 0.15) is 7.11 Å². The Morgan fingerprint density at radius 3 is 2.89 bits per heavy atom. The highest BCUT2D eigenvalue weighted by atomic mass is 16.6. The summed E-state index contributed by atoms with van der Waals surface area (Å²) in [7, 11) is 1.53. The van der Waals surface area contributed by atoms with Gasteiger partial charge in [-0.3, -0.25) is 4.84 Å². The first-order chi connectivity index (χ1) is 4.33. The molecule has 0 saturated carbocycles. The van der Waals surface area contributed by atoms with E-state index in [1.54, 1.807) is 18.3 Å². The van der Waals surface area contributed by atoms with Gasteiger partial charge in [0.25, 0.3) is 6.20 Å². The van der Waals surface area contributed by atoms with Gasteiger partial charge in [0, 0.05) is 10.8 Å². The fourth-order valence-electron chi connectivity index (χ4n) is 0.556. The second-order valence-corrected chi connectivity index (χ2v) is 1.60. The number of hydrogen-bond acceptors (Lipinski definition) is 2. The van der Waals surface area contributed by atoms with Crippen molar-refractivity contribution in [1.82, 2.24) is 0 Å². The summed E-state index contributed by atoms with van der Waals surface area (Å²) in [5.74, 6) is 0.194. The lowest BCUT2D eigenvalue weighted by atomic mass is 10.5. The quantitative estimate of drug-likeness (QED) is 0.526. The van der Waals surface area contributed by atoms with Gasteiger partial charge in [-0.25, -0.2) is 0 Å². The van der Waals surface area contributed by atoms with Crippen LogP contribution in [0.4, 0.5) is 0 Å². The summed E-state index contributed by atoms with van der Waals surface area (Å²) in [5, 5.41) is 8.84. The van der Waals surface area contributed by atoms with E-state index in [1.165, 1.54) is 18.0 Å². The fourth-order valence-corrected chi connectivity index (χ4v) is 0.556. The molecule has 0 bridgehead atoms. The average molecular weight is 126 g/mol. The first-order valence-electron chi connectivity index (χ1n) is 2.57. The highest BCUT2D eigenvalue weighted by Crippen LogP contribution is 1.98. The Kier molecular flexibility index (Phi) is 1.53. The van der Waals surface area contributed by atoms with E-state index in [1.807, 2.05) is 0 Å². The minimum Gasteiger partial charge on any atom is -0.503 e. The van der Waals surface area contributed by atoms with Gasteiger partial charge < -0.3 is 5.11 Å². The van der Waals surface area contributed by atoms with E-state index in [0.29, 0.717) is 0 Å². The van der Waals surface area contributed by atoms with Crippen molar-refractivity contribution >= 4 is 0 Å². The molecule has 0 amide bonds. The van der Waals surface area contributed by atoms with E-state index in [2.05, 4.69) is 0 Å². The smallest absolute Gasteiger partial charge is 0.263 e. The van der Waals surface area contributed by atoms with Crippen molar-refractivity contribution in [1.29, 1.82) is 0 Å². The van der Waals surface area contributed by atoms with Gasteiger partial charge in [0.05, 0.1) is 0 Å². The molecule has 3 nitrogen and oxygen atoms in total. The van der Waals surface area contributed by atoms with Crippen LogP contribution in [-0.4, -0.2) is 12.2 Å². The Labute approximate surface area is 53.1 Å². The van der Waals surface area contributed by atoms with E-state index in [-0.39, 0.29) is 5.75 Å². The molecule has 0 aliphatic rings. The lowest BCUT2D eigenvalue weighted by Crippen LogP contribution is -2.39. The van der Waals surface area contributed by atoms with Crippen LogP contribution in [0.5, 0.6) is 5.75 Å². The van der Waals surface area contributed by atoms with Crippen LogP contribution >= 0.6 is 0 Å². The molecule has 1 N–H and O–H groups in total. The molecule has 0 atom stereocenters. The molecule has 0 aliphatic heterocycles. The number of rotatable bonds is 1. The molecule has 0 aliphatic carbocycles. The molecule has 1 aromatic rings. The summed E-state index contributed by atoms with van der Waals surface area (Å²) >= 11 is 0. The number of pyridine rings is 1. The van der Waals surface area contributed by atoms with Crippen LogP contribution < -0.4 is 9.57 Å². The van der Waals surface area contributed by atoms with Crippen molar-refractivity contribution in [2.45, 2.75) is 0 Å². The highest BCUT2D eigenvalue weighted by molar-refractivity contribution is 5.09. The molecule has 0 aromatic carbocycles. The summed E-state index contributed by atoms with van der Waals surface area (Å²) in [5.41, 5.74) is 0. The topological polar surface area (TPSA) is 33.3 Å². The summed E-state index contributed by atoms with van der Waals surface area (Å²) < 4.78 is 1.41. The van der Waals surface area contributed by atoms with Crippen LogP contribution in [0.25, 0.3) is 0 Å². The summed E-state index contributed by atoms with van der Waals surface area (Å²) in [6, 6.07) is 3.27. The maximum Gasteiger partial charge on any atom is 0.263 e. The molecular formula is C6H8NO2+. The molecule has 3 heteroatoms. The molecule has 1 aromatic heterocycles. The van der Waals surface area contributed by atoms with Crippen molar-refractivity contribution in [2.75, 3.05) is 7.11 Å². The third kappa shape index (κ3) is 1.32. The molecule has 48 valence electrons. The molecule has 0 unspecified atom stereocenters. The van der Waals surface area contributed by atoms with Gasteiger partial charge in [0.15, 0.2) is 5.75 Å². The van der Waals surface area contributed by atoms with Crippen molar-refractivity contribution in [2.24, 2.45) is 0 Å². The summed E-state index contributed by atoms with van der Waals surface area (Å²) in [6.45, 7) is 0. The van der Waals surface area contributed by atoms with Crippen molar-refractivity contribution in [3.8, 4) is 5.75 Å². The molecule has 0 radical (unpaired) electrons. The normalized spacial score (nSPS) is 9.00. The first-order valence-corrected chi connectivity index (χ1v) is 2.57. The monoisotopic (exact) mass is 126 g/mol. The van der Waals surface area contributed by atoms with Crippen LogP contribution in [0, 0.1) is 0 Å². The number of hydrogen-bond donors (Lipinski definition) is 1. The number of aromatic hydroxyl groups is 1. The van der Waals surface area contributed by atoms with Gasteiger partial charge in [-0.05, 0) is 6.07 Å². The third-order valence-electron chi connectivity index (χ3n) is 0.970. The first kappa shape index (κ1) is 5.88. The lowest BCUT2D eigenvalue weighted by molar-refractivity contribution is -0.885. The molecule has 0 spiro atoms. The molecule has 1 heterocycles. The zero-order chi connectivity index (χ0) is 6.69. The van der Waals surface area contributed by atoms with Gasteiger partial charge in [-0.2, -0.15) is 0 Å². The molecule has 1 rings (SSSR count). The van der Waals surface area contributed by atoms with Gasteiger partial charge in [0.2, 0.25) is 6.20 Å². The molecule has 0 fully saturated rings. The number of nitrogens with zero attached hydrogens (tertiary/aromatic N) is 1. The zero-order valence-corrected chi connectivity index (χ0v) is 5.11. The van der Waals surface area contributed by atoms with E-state index < -0.39 is 0 Å². The van der Waals surface area contributed by atoms with Crippen LogP contribution in [0.15, 0.2) is 24.5 Å². The molecule has 0 saturated heterocycles. The minimum absolute atomic E-state index is 0.194. The summed E-state index contributed by atoms with van der Waals surface area (Å²) in [4.78, 5) is 4.75. The Morgan fingerprint density at radius 1 is 1.67 bits per heavy atom. The van der Waals surface area contributed by atoms with Crippen molar-refractivity contribution in [3.05, 3.63) is 24.5 Å². The fraction of sp³-hybridized carbons (Fsp3) is 0.167. The van der Waals surface area contributed by atoms with E-state index in [9.17, 15) is 0 Å². The minimum atomic E-state index is 0.194. The lowest BCUT2D eigenvalue weighted by Gasteiger charge is -1.88. The second-order valence-electron chi connectivity index (χ2n) is 1.60. The Morgan fingerprint density at radius 2 is 2.44 bits per heavy atom. The summed E-state index contributed by atoms with van der Waals surface area (Å²) in [6.07, 6.45) is 3.17. The standard InChI is InChI=1S/C6H7NO2/c1-9-7-4-2-3-6(8)5-7/h2-5H,1H3/p+1. The maximum absolute atomic E-state index is 8.84. The molecule has 9 heavy (non-hydrogen) atoms. The predicted octanol–water partition coefficient (Wildman–Crippen LogP) is -0.262. The third-order valence-corrected chi connectivity index (χ3v) is 0.970. The van der Waals surface area contributed by atoms with E-state index >= 15 is 0 Å². The van der Waals surface area contributed by atoms with Crippen LogP contribution in [-0.2, 0) is 0 Å². The van der Waals surface area contributed by atoms with E-state index in [4.69, 9.17) is 9.94 Å². The Hall–Kier alpha value is -1.25. The number of aromatic nitrogens is 1. The Balaban J connectivity index is 2.94. The van der Waals surface area contributed by atoms with Crippen LogP contribution in [0.1, 0.15) is 0 Å². The van der Waals surface area contributed by atoms with Gasteiger partial charge >= 0.3 is 0 Å². The van der Waals surface area contributed by atoms with Crippen LogP contribution in [0.3, 0.4) is 0 Å². The van der Waals surface area contributed by atoms with Crippen molar-refractivity contribution < 1.29 is 14.7 Å². The largest absolute Gasteiger partial charge is 0.503 e. The van der Waals surface area contributed by atoms with Crippen molar-refractivity contribution in [3.63, 3.8) is 0 Å². The van der Waals surface area contributed by atoms with E-state index in [0.717, 1.165) is 0 Å². The highest BCUT2D eigenvalue weighted by Gasteiger charge is 1.96. The Bertz CT molecular complexity index is 200. The van der Waals surface area contributed by atoms with Crippen LogP contribution in [0.2, 0.25) is 0 Å². The molecular weight excluding hydrogens is 118 g/mol. The second kappa shape index (κ2) is 2.35. The maximum atomic E-state index is 8.84. The zero-order valence-electron chi connectivity index (χ0n) is 5.11. The SMILES string of the molecule is CO[n+]1cccc(O)c1.